The maximum Gasteiger partial charge on any atom is 0.255 e. The van der Waals surface area contributed by atoms with Crippen molar-refractivity contribution in [3.8, 4) is 5.75 Å². The first-order valence-electron chi connectivity index (χ1n) is 9.39. The van der Waals surface area contributed by atoms with E-state index in [1.54, 1.807) is 30.2 Å². The van der Waals surface area contributed by atoms with Gasteiger partial charge in [0.05, 0.1) is 5.69 Å². The Hall–Kier alpha value is -3.64. The summed E-state index contributed by atoms with van der Waals surface area (Å²) >= 11 is 1.55. The van der Waals surface area contributed by atoms with Gasteiger partial charge in [0.25, 0.3) is 5.91 Å². The lowest BCUT2D eigenvalue weighted by molar-refractivity contribution is 0.102. The first kappa shape index (κ1) is 19.7. The molecular formula is C24H19N3O2S. The summed E-state index contributed by atoms with van der Waals surface area (Å²) in [6.07, 6.45) is 3.49. The van der Waals surface area contributed by atoms with E-state index in [0.717, 1.165) is 15.6 Å². The number of amides is 1. The first-order valence-corrected chi connectivity index (χ1v) is 10.2. The summed E-state index contributed by atoms with van der Waals surface area (Å²) in [6, 6.07) is 26.2. The summed E-state index contributed by atoms with van der Waals surface area (Å²) < 4.78 is 5.77. The van der Waals surface area contributed by atoms with Gasteiger partial charge in [-0.1, -0.05) is 30.0 Å². The highest BCUT2D eigenvalue weighted by Crippen LogP contribution is 2.26. The number of anilines is 1. The van der Waals surface area contributed by atoms with Crippen LogP contribution in [-0.2, 0) is 6.61 Å². The molecule has 6 heteroatoms. The molecule has 148 valence electrons. The summed E-state index contributed by atoms with van der Waals surface area (Å²) in [5.74, 6) is 0.492. The van der Waals surface area contributed by atoms with E-state index in [0.29, 0.717) is 23.6 Å². The van der Waals surface area contributed by atoms with Gasteiger partial charge in [0.1, 0.15) is 17.4 Å². The van der Waals surface area contributed by atoms with Crippen molar-refractivity contribution < 1.29 is 9.53 Å². The molecule has 0 aliphatic carbocycles. The average molecular weight is 414 g/mol. The van der Waals surface area contributed by atoms with Crippen LogP contribution in [0.25, 0.3) is 0 Å². The number of hydrogen-bond donors (Lipinski definition) is 1. The lowest BCUT2D eigenvalue weighted by Gasteiger charge is -2.09. The van der Waals surface area contributed by atoms with Crippen molar-refractivity contribution in [2.75, 3.05) is 5.32 Å². The van der Waals surface area contributed by atoms with Crippen LogP contribution in [-0.4, -0.2) is 15.9 Å². The number of ether oxygens (including phenoxy) is 1. The molecule has 0 fully saturated rings. The fourth-order valence-electron chi connectivity index (χ4n) is 2.71. The molecule has 0 radical (unpaired) electrons. The fourth-order valence-corrected chi connectivity index (χ4v) is 3.48. The number of rotatable bonds is 7. The maximum atomic E-state index is 12.6. The maximum absolute atomic E-state index is 12.6. The van der Waals surface area contributed by atoms with Gasteiger partial charge < -0.3 is 10.1 Å². The summed E-state index contributed by atoms with van der Waals surface area (Å²) in [4.78, 5) is 22.2. The molecule has 2 heterocycles. The predicted octanol–water partition coefficient (Wildman–Crippen LogP) is 5.46. The number of hydrogen-bond acceptors (Lipinski definition) is 5. The minimum Gasteiger partial charge on any atom is -0.487 e. The zero-order chi connectivity index (χ0) is 20.6. The van der Waals surface area contributed by atoms with Crippen LogP contribution in [0.4, 0.5) is 5.69 Å². The third kappa shape index (κ3) is 5.46. The number of nitrogens with one attached hydrogen (secondary N) is 1. The molecule has 0 saturated heterocycles. The molecule has 0 atom stereocenters. The molecule has 5 nitrogen and oxygen atoms in total. The highest BCUT2D eigenvalue weighted by Gasteiger charge is 2.08. The molecular weight excluding hydrogens is 394 g/mol. The number of pyridine rings is 2. The topological polar surface area (TPSA) is 64.1 Å². The molecule has 0 unspecified atom stereocenters. The lowest BCUT2D eigenvalue weighted by Crippen LogP contribution is -2.11. The predicted molar refractivity (Wildman–Crippen MR) is 118 cm³/mol. The first-order chi connectivity index (χ1) is 14.8. The molecule has 1 amide bonds. The van der Waals surface area contributed by atoms with Crippen molar-refractivity contribution in [1.29, 1.82) is 0 Å². The highest BCUT2D eigenvalue weighted by atomic mass is 32.2. The summed E-state index contributed by atoms with van der Waals surface area (Å²) in [5.41, 5.74) is 2.10. The van der Waals surface area contributed by atoms with Crippen LogP contribution in [0.1, 0.15) is 16.1 Å². The molecule has 4 rings (SSSR count). The zero-order valence-corrected chi connectivity index (χ0v) is 16.9. The molecule has 0 spiro atoms. The average Bonchev–Trinajstić information content (AvgIpc) is 2.80. The summed E-state index contributed by atoms with van der Waals surface area (Å²) in [7, 11) is 0. The van der Waals surface area contributed by atoms with E-state index in [1.807, 2.05) is 78.9 Å². The molecule has 2 aromatic carbocycles. The van der Waals surface area contributed by atoms with Crippen molar-refractivity contribution in [2.45, 2.75) is 16.5 Å². The summed E-state index contributed by atoms with van der Waals surface area (Å²) in [6.45, 7) is 0.369. The number of carbonyl (C=O) groups excluding carboxylic acids is 1. The molecule has 30 heavy (non-hydrogen) atoms. The molecule has 0 aliphatic rings. The van der Waals surface area contributed by atoms with Gasteiger partial charge >= 0.3 is 0 Å². The molecule has 0 saturated carbocycles. The van der Waals surface area contributed by atoms with Gasteiger partial charge in [-0.15, -0.1) is 0 Å². The van der Waals surface area contributed by atoms with E-state index in [-0.39, 0.29) is 5.91 Å². The van der Waals surface area contributed by atoms with Crippen LogP contribution in [0.2, 0.25) is 0 Å². The minimum absolute atomic E-state index is 0.175. The largest absolute Gasteiger partial charge is 0.487 e. The third-order valence-corrected chi connectivity index (χ3v) is 5.14. The van der Waals surface area contributed by atoms with E-state index in [4.69, 9.17) is 4.74 Å². The van der Waals surface area contributed by atoms with Gasteiger partial charge in [0, 0.05) is 34.6 Å². The van der Waals surface area contributed by atoms with Gasteiger partial charge in [0.2, 0.25) is 0 Å². The van der Waals surface area contributed by atoms with E-state index in [9.17, 15) is 4.79 Å². The third-order valence-electron chi connectivity index (χ3n) is 4.18. The van der Waals surface area contributed by atoms with Gasteiger partial charge in [-0.05, 0) is 60.7 Å². The van der Waals surface area contributed by atoms with Gasteiger partial charge in [0.15, 0.2) is 0 Å². The van der Waals surface area contributed by atoms with Crippen LogP contribution in [0.3, 0.4) is 0 Å². The van der Waals surface area contributed by atoms with E-state index in [2.05, 4.69) is 15.3 Å². The Labute approximate surface area is 179 Å². The van der Waals surface area contributed by atoms with E-state index >= 15 is 0 Å². The minimum atomic E-state index is -0.175. The van der Waals surface area contributed by atoms with Gasteiger partial charge in [-0.25, -0.2) is 4.98 Å². The number of nitrogens with zero attached hydrogens (tertiary/aromatic N) is 2. The van der Waals surface area contributed by atoms with Crippen molar-refractivity contribution in [1.82, 2.24) is 9.97 Å². The monoisotopic (exact) mass is 413 g/mol. The Bertz CT molecular complexity index is 1100. The Kier molecular flexibility index (Phi) is 6.37. The number of benzene rings is 2. The second kappa shape index (κ2) is 9.71. The van der Waals surface area contributed by atoms with Crippen molar-refractivity contribution in [3.63, 3.8) is 0 Å². The van der Waals surface area contributed by atoms with E-state index < -0.39 is 0 Å². The van der Waals surface area contributed by atoms with Crippen molar-refractivity contribution >= 4 is 23.4 Å². The second-order valence-electron chi connectivity index (χ2n) is 6.39. The van der Waals surface area contributed by atoms with Gasteiger partial charge in [-0.2, -0.15) is 0 Å². The van der Waals surface area contributed by atoms with Crippen LogP contribution >= 0.6 is 11.8 Å². The smallest absolute Gasteiger partial charge is 0.255 e. The zero-order valence-electron chi connectivity index (χ0n) is 16.1. The van der Waals surface area contributed by atoms with Crippen molar-refractivity contribution in [2.24, 2.45) is 0 Å². The normalized spacial score (nSPS) is 10.4. The Morgan fingerprint density at radius 3 is 2.40 bits per heavy atom. The molecule has 2 aromatic heterocycles. The molecule has 4 aromatic rings. The quantitative estimate of drug-likeness (QED) is 0.436. The Balaban J connectivity index is 1.36. The highest BCUT2D eigenvalue weighted by molar-refractivity contribution is 7.99. The lowest BCUT2D eigenvalue weighted by atomic mass is 10.2. The second-order valence-corrected chi connectivity index (χ2v) is 7.48. The fraction of sp³-hybridized carbons (Fsp3) is 0.0417. The molecule has 1 N–H and O–H groups in total. The standard InChI is InChI=1S/C24H19N3O2S/c28-24(18-10-12-22(13-11-18)30-23-9-2-4-15-26-23)27-19-7-5-8-21(16-19)29-17-20-6-1-3-14-25-20/h1-16H,17H2,(H,27,28). The van der Waals surface area contributed by atoms with Crippen LogP contribution in [0.15, 0.2) is 107 Å². The SMILES string of the molecule is O=C(Nc1cccc(OCc2ccccn2)c1)c1ccc(Sc2ccccn2)cc1. The Morgan fingerprint density at radius 2 is 1.67 bits per heavy atom. The van der Waals surface area contributed by atoms with E-state index in [1.165, 1.54) is 0 Å². The van der Waals surface area contributed by atoms with Crippen LogP contribution in [0, 0.1) is 0 Å². The number of aromatic nitrogens is 2. The molecule has 0 bridgehead atoms. The van der Waals surface area contributed by atoms with Crippen molar-refractivity contribution in [3.05, 3.63) is 109 Å². The van der Waals surface area contributed by atoms with Crippen LogP contribution in [0.5, 0.6) is 5.75 Å². The summed E-state index contributed by atoms with van der Waals surface area (Å²) in [5, 5.41) is 3.83. The number of carbonyl (C=O) groups is 1. The Morgan fingerprint density at radius 1 is 0.867 bits per heavy atom. The molecule has 0 aliphatic heterocycles. The van der Waals surface area contributed by atoms with Gasteiger partial charge in [-0.3, -0.25) is 9.78 Å². The van der Waals surface area contributed by atoms with Crippen LogP contribution < -0.4 is 10.1 Å².